The first-order valence-corrected chi connectivity index (χ1v) is 9.20. The Hall–Kier alpha value is -1.12. The van der Waals surface area contributed by atoms with Crippen LogP contribution in [0.15, 0.2) is 27.8 Å². The number of methoxy groups -OCH3 is 1. The molecule has 0 aliphatic rings. The molecule has 114 valence electrons. The van der Waals surface area contributed by atoms with E-state index < -0.39 is 9.05 Å². The van der Waals surface area contributed by atoms with Crippen molar-refractivity contribution in [2.75, 3.05) is 7.11 Å². The Morgan fingerprint density at radius 2 is 2.10 bits per heavy atom. The molecule has 0 aliphatic carbocycles. The second-order valence-corrected chi connectivity index (χ2v) is 7.62. The van der Waals surface area contributed by atoms with Crippen molar-refractivity contribution in [3.63, 3.8) is 0 Å². The molecule has 0 saturated carbocycles. The van der Waals surface area contributed by atoms with Crippen LogP contribution in [-0.4, -0.2) is 30.3 Å². The highest BCUT2D eigenvalue weighted by molar-refractivity contribution is 9.10. The maximum atomic E-state index is 11.6. The van der Waals surface area contributed by atoms with Gasteiger partial charge in [0.15, 0.2) is 5.82 Å². The van der Waals surface area contributed by atoms with E-state index in [-0.39, 0.29) is 5.16 Å². The quantitative estimate of drug-likeness (QED) is 0.729. The highest BCUT2D eigenvalue weighted by Crippen LogP contribution is 2.32. The van der Waals surface area contributed by atoms with E-state index in [2.05, 4.69) is 26.1 Å². The molecule has 1 heterocycles. The van der Waals surface area contributed by atoms with Gasteiger partial charge in [0.1, 0.15) is 5.75 Å². The van der Waals surface area contributed by atoms with Gasteiger partial charge in [-0.2, -0.15) is 0 Å². The van der Waals surface area contributed by atoms with Gasteiger partial charge in [-0.1, -0.05) is 22.9 Å². The minimum atomic E-state index is -3.96. The molecule has 21 heavy (non-hydrogen) atoms. The summed E-state index contributed by atoms with van der Waals surface area (Å²) in [4.78, 5) is 0. The molecule has 0 saturated heterocycles. The predicted octanol–water partition coefficient (Wildman–Crippen LogP) is 3.05. The first kappa shape index (κ1) is 16.3. The topological polar surface area (TPSA) is 74.1 Å². The molecule has 0 amide bonds. The normalized spacial score (nSPS) is 11.6. The van der Waals surface area contributed by atoms with Crippen molar-refractivity contribution >= 4 is 35.7 Å². The number of hydrogen-bond acceptors (Lipinski definition) is 5. The van der Waals surface area contributed by atoms with Crippen molar-refractivity contribution in [3.05, 3.63) is 22.7 Å². The van der Waals surface area contributed by atoms with Gasteiger partial charge in [-0.3, -0.25) is 4.57 Å². The number of halogens is 2. The Labute approximate surface area is 135 Å². The lowest BCUT2D eigenvalue weighted by molar-refractivity contribution is 0.415. The second kappa shape index (κ2) is 6.33. The smallest absolute Gasteiger partial charge is 0.296 e. The molecule has 0 spiro atoms. The van der Waals surface area contributed by atoms with Crippen LogP contribution in [0.4, 0.5) is 0 Å². The van der Waals surface area contributed by atoms with Crippen molar-refractivity contribution in [3.8, 4) is 17.1 Å². The van der Waals surface area contributed by atoms with Gasteiger partial charge in [0.25, 0.3) is 14.2 Å². The molecule has 1 aromatic heterocycles. The molecule has 0 aliphatic heterocycles. The third kappa shape index (κ3) is 3.38. The maximum absolute atomic E-state index is 11.6. The summed E-state index contributed by atoms with van der Waals surface area (Å²) >= 11 is 3.36. The van der Waals surface area contributed by atoms with Crippen molar-refractivity contribution in [2.24, 2.45) is 0 Å². The highest BCUT2D eigenvalue weighted by atomic mass is 79.9. The fraction of sp³-hybridized carbons (Fsp3) is 0.333. The maximum Gasteiger partial charge on any atom is 0.296 e. The Kier molecular flexibility index (Phi) is 4.90. The Balaban J connectivity index is 2.67. The van der Waals surface area contributed by atoms with E-state index in [0.29, 0.717) is 30.1 Å². The SMILES string of the molecule is CCCn1c(-c2ccc(Br)cc2OC)nnc1S(=O)(=O)Cl. The zero-order valence-electron chi connectivity index (χ0n) is 11.4. The third-order valence-electron chi connectivity index (χ3n) is 2.79. The van der Waals surface area contributed by atoms with Crippen molar-refractivity contribution in [2.45, 2.75) is 25.0 Å². The fourth-order valence-electron chi connectivity index (χ4n) is 1.94. The van der Waals surface area contributed by atoms with Crippen LogP contribution < -0.4 is 4.74 Å². The summed E-state index contributed by atoms with van der Waals surface area (Å²) in [5.74, 6) is 0.966. The summed E-state index contributed by atoms with van der Waals surface area (Å²) in [5.41, 5.74) is 0.646. The number of aromatic nitrogens is 3. The largest absolute Gasteiger partial charge is 0.496 e. The van der Waals surface area contributed by atoms with Crippen LogP contribution in [0, 0.1) is 0 Å². The molecule has 0 bridgehead atoms. The summed E-state index contributed by atoms with van der Waals surface area (Å²) < 4.78 is 30.8. The molecule has 1 aromatic carbocycles. The van der Waals surface area contributed by atoms with Crippen LogP contribution in [0.2, 0.25) is 0 Å². The van der Waals surface area contributed by atoms with Gasteiger partial charge in [-0.15, -0.1) is 10.2 Å². The van der Waals surface area contributed by atoms with Gasteiger partial charge in [0.05, 0.1) is 12.7 Å². The third-order valence-corrected chi connectivity index (χ3v) is 4.43. The molecule has 6 nitrogen and oxygen atoms in total. The average molecular weight is 395 g/mol. The molecular formula is C12H13BrClN3O3S. The van der Waals surface area contributed by atoms with Gasteiger partial charge >= 0.3 is 0 Å². The van der Waals surface area contributed by atoms with Crippen molar-refractivity contribution in [1.29, 1.82) is 0 Å². The van der Waals surface area contributed by atoms with E-state index in [1.807, 2.05) is 13.0 Å². The van der Waals surface area contributed by atoms with E-state index in [0.717, 1.165) is 4.47 Å². The molecule has 0 radical (unpaired) electrons. The zero-order chi connectivity index (χ0) is 15.6. The van der Waals surface area contributed by atoms with Crippen LogP contribution in [0.3, 0.4) is 0 Å². The average Bonchev–Trinajstić information content (AvgIpc) is 2.82. The van der Waals surface area contributed by atoms with E-state index in [4.69, 9.17) is 15.4 Å². The lowest BCUT2D eigenvalue weighted by Gasteiger charge is -2.11. The summed E-state index contributed by atoms with van der Waals surface area (Å²) in [6.45, 7) is 2.36. The van der Waals surface area contributed by atoms with Crippen LogP contribution in [-0.2, 0) is 15.6 Å². The first-order valence-electron chi connectivity index (χ1n) is 6.10. The Morgan fingerprint density at radius 3 is 2.67 bits per heavy atom. The molecule has 0 unspecified atom stereocenters. The van der Waals surface area contributed by atoms with Crippen molar-refractivity contribution < 1.29 is 13.2 Å². The van der Waals surface area contributed by atoms with Crippen LogP contribution in [0.5, 0.6) is 5.75 Å². The van der Waals surface area contributed by atoms with E-state index in [1.54, 1.807) is 12.1 Å². The monoisotopic (exact) mass is 393 g/mol. The minimum Gasteiger partial charge on any atom is -0.496 e. The minimum absolute atomic E-state index is 0.258. The molecule has 2 rings (SSSR count). The summed E-state index contributed by atoms with van der Waals surface area (Å²) in [7, 11) is 2.98. The van der Waals surface area contributed by atoms with Gasteiger partial charge in [-0.05, 0) is 24.6 Å². The van der Waals surface area contributed by atoms with Gasteiger partial charge in [-0.25, -0.2) is 8.42 Å². The Bertz CT molecular complexity index is 761. The molecule has 2 aromatic rings. The molecule has 0 atom stereocenters. The van der Waals surface area contributed by atoms with E-state index in [1.165, 1.54) is 11.7 Å². The fourth-order valence-corrected chi connectivity index (χ4v) is 3.21. The summed E-state index contributed by atoms with van der Waals surface area (Å²) in [6, 6.07) is 5.37. The summed E-state index contributed by atoms with van der Waals surface area (Å²) in [6.07, 6.45) is 0.712. The first-order chi connectivity index (χ1) is 9.88. The number of benzene rings is 1. The van der Waals surface area contributed by atoms with Crippen LogP contribution in [0.25, 0.3) is 11.4 Å². The summed E-state index contributed by atoms with van der Waals surface area (Å²) in [5, 5.41) is 7.41. The van der Waals surface area contributed by atoms with E-state index >= 15 is 0 Å². The van der Waals surface area contributed by atoms with Gasteiger partial charge in [0.2, 0.25) is 0 Å². The number of rotatable bonds is 5. The zero-order valence-corrected chi connectivity index (χ0v) is 14.5. The standard InChI is InChI=1S/C12H13BrClN3O3S/c1-3-6-17-11(15-16-12(17)21(14,18)19)9-5-4-8(13)7-10(9)20-2/h4-5,7H,3,6H2,1-2H3. The lowest BCUT2D eigenvalue weighted by atomic mass is 10.2. The number of ether oxygens (including phenoxy) is 1. The number of nitrogens with zero attached hydrogens (tertiary/aromatic N) is 3. The molecule has 9 heteroatoms. The molecular weight excluding hydrogens is 382 g/mol. The lowest BCUT2D eigenvalue weighted by Crippen LogP contribution is -2.08. The highest BCUT2D eigenvalue weighted by Gasteiger charge is 2.24. The number of hydrogen-bond donors (Lipinski definition) is 0. The van der Waals surface area contributed by atoms with Gasteiger partial charge in [0, 0.05) is 21.7 Å². The second-order valence-electron chi connectivity index (χ2n) is 4.24. The van der Waals surface area contributed by atoms with Crippen LogP contribution >= 0.6 is 26.6 Å². The molecule has 0 N–H and O–H groups in total. The van der Waals surface area contributed by atoms with E-state index in [9.17, 15) is 8.42 Å². The van der Waals surface area contributed by atoms with Gasteiger partial charge < -0.3 is 4.74 Å². The van der Waals surface area contributed by atoms with Crippen molar-refractivity contribution in [1.82, 2.24) is 14.8 Å². The predicted molar refractivity (Wildman–Crippen MR) is 83.0 cm³/mol. The Morgan fingerprint density at radius 1 is 1.38 bits per heavy atom. The molecule has 0 fully saturated rings. The van der Waals surface area contributed by atoms with Crippen LogP contribution in [0.1, 0.15) is 13.3 Å².